The molecule has 4 aromatic heterocycles. The largest absolute Gasteiger partial charge is 0.456 e. The van der Waals surface area contributed by atoms with Gasteiger partial charge in [0, 0.05) is 44.6 Å². The van der Waals surface area contributed by atoms with E-state index in [0.29, 0.717) is 5.82 Å². The van der Waals surface area contributed by atoms with Crippen LogP contribution in [-0.4, -0.2) is 15.0 Å². The van der Waals surface area contributed by atoms with Crippen molar-refractivity contribution in [2.75, 3.05) is 0 Å². The Balaban J connectivity index is 1.24. The van der Waals surface area contributed by atoms with Gasteiger partial charge >= 0.3 is 0 Å². The molecule has 0 saturated carbocycles. The molecule has 0 aliphatic heterocycles. The SMILES string of the molecule is c1ccc(-c2cc(-c3ccccc3)nc(-c3cc(-c4ccc5oc6ccccc6c5c4)cc(-c4ccnc5c4oc4ccccc45)c3)n2)cc1. The van der Waals surface area contributed by atoms with Gasteiger partial charge in [-0.3, -0.25) is 4.98 Å². The lowest BCUT2D eigenvalue weighted by atomic mass is 9.94. The van der Waals surface area contributed by atoms with Crippen molar-refractivity contribution < 1.29 is 8.83 Å². The molecule has 0 spiro atoms. The number of hydrogen-bond donors (Lipinski definition) is 0. The lowest BCUT2D eigenvalue weighted by molar-refractivity contribution is 0.668. The van der Waals surface area contributed by atoms with E-state index < -0.39 is 0 Å². The molecule has 0 fully saturated rings. The molecule has 0 N–H and O–H groups in total. The molecule has 6 aromatic carbocycles. The van der Waals surface area contributed by atoms with E-state index >= 15 is 0 Å². The predicted molar refractivity (Wildman–Crippen MR) is 202 cm³/mol. The summed E-state index contributed by atoms with van der Waals surface area (Å²) in [6.45, 7) is 0. The summed E-state index contributed by atoms with van der Waals surface area (Å²) >= 11 is 0. The molecule has 0 aliphatic rings. The van der Waals surface area contributed by atoms with E-state index in [2.05, 4.69) is 78.9 Å². The molecule has 0 saturated heterocycles. The quantitative estimate of drug-likeness (QED) is 0.187. The minimum absolute atomic E-state index is 0.637. The van der Waals surface area contributed by atoms with Crippen LogP contribution < -0.4 is 0 Å². The van der Waals surface area contributed by atoms with Crippen molar-refractivity contribution in [3.8, 4) is 56.2 Å². The van der Waals surface area contributed by atoms with Gasteiger partial charge in [0.2, 0.25) is 0 Å². The van der Waals surface area contributed by atoms with E-state index in [1.165, 1.54) is 0 Å². The second kappa shape index (κ2) is 11.4. The smallest absolute Gasteiger partial charge is 0.161 e. The Hall–Kier alpha value is -6.85. The topological polar surface area (TPSA) is 65.0 Å². The molecule has 234 valence electrons. The van der Waals surface area contributed by atoms with E-state index in [-0.39, 0.29) is 0 Å². The van der Waals surface area contributed by atoms with Gasteiger partial charge in [0.05, 0.1) is 11.4 Å². The molecule has 50 heavy (non-hydrogen) atoms. The number of para-hydroxylation sites is 2. The summed E-state index contributed by atoms with van der Waals surface area (Å²) in [5.74, 6) is 0.637. The third-order valence-electron chi connectivity index (χ3n) is 9.34. The Morgan fingerprint density at radius 3 is 1.72 bits per heavy atom. The predicted octanol–water partition coefficient (Wildman–Crippen LogP) is 12.0. The molecule has 4 heterocycles. The Labute approximate surface area is 287 Å². The fourth-order valence-corrected chi connectivity index (χ4v) is 6.91. The van der Waals surface area contributed by atoms with Crippen molar-refractivity contribution in [2.24, 2.45) is 0 Å². The average Bonchev–Trinajstić information content (AvgIpc) is 3.76. The summed E-state index contributed by atoms with van der Waals surface area (Å²) in [6, 6.07) is 53.8. The van der Waals surface area contributed by atoms with E-state index in [4.69, 9.17) is 23.8 Å². The van der Waals surface area contributed by atoms with Crippen molar-refractivity contribution in [1.29, 1.82) is 0 Å². The number of pyridine rings is 1. The van der Waals surface area contributed by atoms with Gasteiger partial charge in [0.15, 0.2) is 11.4 Å². The maximum atomic E-state index is 6.47. The molecule has 5 heteroatoms. The van der Waals surface area contributed by atoms with Crippen molar-refractivity contribution >= 4 is 44.0 Å². The van der Waals surface area contributed by atoms with Crippen LogP contribution in [-0.2, 0) is 0 Å². The van der Waals surface area contributed by atoms with Gasteiger partial charge in [-0.05, 0) is 77.4 Å². The minimum atomic E-state index is 0.637. The molecule has 0 aliphatic carbocycles. The van der Waals surface area contributed by atoms with Crippen molar-refractivity contribution in [2.45, 2.75) is 0 Å². The van der Waals surface area contributed by atoms with Crippen molar-refractivity contribution in [1.82, 2.24) is 15.0 Å². The lowest BCUT2D eigenvalue weighted by Crippen LogP contribution is -1.97. The zero-order valence-electron chi connectivity index (χ0n) is 26.7. The summed E-state index contributed by atoms with van der Waals surface area (Å²) in [6.07, 6.45) is 1.86. The van der Waals surface area contributed by atoms with E-state index in [1.54, 1.807) is 0 Å². The highest BCUT2D eigenvalue weighted by Gasteiger charge is 2.18. The average molecular weight is 642 g/mol. The van der Waals surface area contributed by atoms with Gasteiger partial charge in [-0.25, -0.2) is 9.97 Å². The van der Waals surface area contributed by atoms with Gasteiger partial charge in [-0.1, -0.05) is 97.1 Å². The number of benzene rings is 6. The Bertz CT molecular complexity index is 2810. The fraction of sp³-hybridized carbons (Fsp3) is 0. The molecular weight excluding hydrogens is 615 g/mol. The van der Waals surface area contributed by atoms with Gasteiger partial charge in [-0.2, -0.15) is 0 Å². The molecule has 0 radical (unpaired) electrons. The molecule has 10 rings (SSSR count). The van der Waals surface area contributed by atoms with Crippen LogP contribution in [0.25, 0.3) is 100 Å². The first-order valence-electron chi connectivity index (χ1n) is 16.6. The minimum Gasteiger partial charge on any atom is -0.456 e. The van der Waals surface area contributed by atoms with Crippen LogP contribution in [0.15, 0.2) is 173 Å². The van der Waals surface area contributed by atoms with Crippen molar-refractivity contribution in [3.05, 3.63) is 164 Å². The highest BCUT2D eigenvalue weighted by molar-refractivity contribution is 6.08. The zero-order valence-corrected chi connectivity index (χ0v) is 26.7. The first-order valence-corrected chi connectivity index (χ1v) is 16.6. The van der Waals surface area contributed by atoms with Crippen LogP contribution >= 0.6 is 0 Å². The summed E-state index contributed by atoms with van der Waals surface area (Å²) in [4.78, 5) is 15.1. The van der Waals surface area contributed by atoms with E-state index in [9.17, 15) is 0 Å². The van der Waals surface area contributed by atoms with E-state index in [0.717, 1.165) is 94.3 Å². The molecule has 0 unspecified atom stereocenters. The highest BCUT2D eigenvalue weighted by atomic mass is 16.3. The molecular formula is C45H27N3O2. The maximum absolute atomic E-state index is 6.47. The van der Waals surface area contributed by atoms with Crippen LogP contribution in [0.5, 0.6) is 0 Å². The molecule has 5 nitrogen and oxygen atoms in total. The van der Waals surface area contributed by atoms with E-state index in [1.807, 2.05) is 85.1 Å². The lowest BCUT2D eigenvalue weighted by Gasteiger charge is -2.13. The second-order valence-electron chi connectivity index (χ2n) is 12.4. The fourth-order valence-electron chi connectivity index (χ4n) is 6.91. The second-order valence-corrected chi connectivity index (χ2v) is 12.4. The van der Waals surface area contributed by atoms with Gasteiger partial charge in [-0.15, -0.1) is 0 Å². The third kappa shape index (κ3) is 4.75. The summed E-state index contributed by atoms with van der Waals surface area (Å²) < 4.78 is 12.6. The number of rotatable bonds is 5. The van der Waals surface area contributed by atoms with Crippen LogP contribution in [0.1, 0.15) is 0 Å². The first kappa shape index (κ1) is 28.2. The molecule has 0 bridgehead atoms. The Morgan fingerprint density at radius 2 is 0.980 bits per heavy atom. The summed E-state index contributed by atoms with van der Waals surface area (Å²) in [5.41, 5.74) is 12.8. The number of hydrogen-bond acceptors (Lipinski definition) is 5. The van der Waals surface area contributed by atoms with Crippen LogP contribution in [0.4, 0.5) is 0 Å². The molecule has 10 aromatic rings. The van der Waals surface area contributed by atoms with Crippen LogP contribution in [0.2, 0.25) is 0 Å². The molecule has 0 atom stereocenters. The third-order valence-corrected chi connectivity index (χ3v) is 9.34. The van der Waals surface area contributed by atoms with Crippen LogP contribution in [0.3, 0.4) is 0 Å². The number of nitrogens with zero attached hydrogens (tertiary/aromatic N) is 3. The number of fused-ring (bicyclic) bond motifs is 6. The highest BCUT2D eigenvalue weighted by Crippen LogP contribution is 2.40. The van der Waals surface area contributed by atoms with Crippen molar-refractivity contribution in [3.63, 3.8) is 0 Å². The van der Waals surface area contributed by atoms with Gasteiger partial charge in [0.1, 0.15) is 22.3 Å². The van der Waals surface area contributed by atoms with Gasteiger partial charge < -0.3 is 8.83 Å². The van der Waals surface area contributed by atoms with Crippen LogP contribution in [0, 0.1) is 0 Å². The monoisotopic (exact) mass is 641 g/mol. The van der Waals surface area contributed by atoms with Gasteiger partial charge in [0.25, 0.3) is 0 Å². The maximum Gasteiger partial charge on any atom is 0.161 e. The summed E-state index contributed by atoms with van der Waals surface area (Å²) in [5, 5.41) is 3.15. The normalized spacial score (nSPS) is 11.6. The first-order chi connectivity index (χ1) is 24.7. The standard InChI is InChI=1S/C45H27N3O2/c1-3-11-28(12-4-1)38-27-39(29-13-5-2-6-14-29)48-45(47-38)33-24-31(30-19-20-42-37(26-30)35-15-7-9-17-40(35)49-42)23-32(25-33)34-21-22-46-43-36-16-8-10-18-41(36)50-44(34)43/h1-27H. The Kier molecular flexibility index (Phi) is 6.42. The molecule has 0 amide bonds. The Morgan fingerprint density at radius 1 is 0.380 bits per heavy atom. The zero-order chi connectivity index (χ0) is 33.0. The number of furan rings is 2. The number of aromatic nitrogens is 3. The summed E-state index contributed by atoms with van der Waals surface area (Å²) in [7, 11) is 0.